The Balaban J connectivity index is 4.17. The fraction of sp³-hybridized carbons (Fsp3) is 1.00. The van der Waals surface area contributed by atoms with Crippen molar-refractivity contribution in [1.29, 1.82) is 0 Å². The molecule has 9 nitrogen and oxygen atoms in total. The minimum absolute atomic E-state index is 0.281. The van der Waals surface area contributed by atoms with Crippen molar-refractivity contribution in [3.05, 3.63) is 0 Å². The zero-order valence-corrected chi connectivity index (χ0v) is 13.1. The number of rotatable bonds is 10. The van der Waals surface area contributed by atoms with Crippen LogP contribution in [0.15, 0.2) is 0 Å². The second kappa shape index (κ2) is 9.78. The van der Waals surface area contributed by atoms with Gasteiger partial charge in [0.15, 0.2) is 0 Å². The molecule has 0 fully saturated rings. The van der Waals surface area contributed by atoms with E-state index < -0.39 is 33.2 Å². The summed E-state index contributed by atoms with van der Waals surface area (Å²) in [6, 6.07) is 0. The van der Waals surface area contributed by atoms with E-state index in [1.54, 1.807) is 0 Å². The van der Waals surface area contributed by atoms with Gasteiger partial charge in [0.25, 0.3) is 0 Å². The number of hydrogen-bond donors (Lipinski definition) is 4. The Bertz CT molecular complexity index is 247. The molecule has 0 spiro atoms. The van der Waals surface area contributed by atoms with E-state index >= 15 is 0 Å². The lowest BCUT2D eigenvalue weighted by Gasteiger charge is -2.28. The van der Waals surface area contributed by atoms with Gasteiger partial charge in [-0.3, -0.25) is 13.6 Å². The first-order valence-corrected chi connectivity index (χ1v) is 7.42. The largest absolute Gasteiger partial charge is 0.379 e. The highest BCUT2D eigenvalue weighted by Gasteiger charge is 2.19. The smallest absolute Gasteiger partial charge is 0.321 e. The molecule has 10 heteroatoms. The number of aliphatic hydroxyl groups is 4. The Morgan fingerprint density at radius 1 is 0.800 bits per heavy atom. The van der Waals surface area contributed by atoms with E-state index in [1.165, 1.54) is 27.7 Å². The highest BCUT2D eigenvalue weighted by Crippen LogP contribution is 2.25. The molecule has 0 aromatic carbocycles. The van der Waals surface area contributed by atoms with Gasteiger partial charge in [-0.05, 0) is 27.7 Å². The first kappa shape index (κ1) is 19.9. The van der Waals surface area contributed by atoms with E-state index in [9.17, 15) is 25.0 Å². The molecular weight excluding hydrogens is 291 g/mol. The highest BCUT2D eigenvalue weighted by molar-refractivity contribution is 7.33. The number of nitrogens with zero attached hydrogens (tertiary/aromatic N) is 2. The van der Waals surface area contributed by atoms with Gasteiger partial charge in [0.1, 0.15) is 38.4 Å². The van der Waals surface area contributed by atoms with E-state index in [0.29, 0.717) is 0 Å². The molecule has 4 atom stereocenters. The van der Waals surface area contributed by atoms with Crippen LogP contribution in [0.3, 0.4) is 0 Å². The predicted octanol–water partition coefficient (Wildman–Crippen LogP) is -0.719. The molecular formula is C10H25N2O7P. The summed E-state index contributed by atoms with van der Waals surface area (Å²) in [5.74, 6) is 0. The van der Waals surface area contributed by atoms with Crippen LogP contribution in [0.5, 0.6) is 0 Å². The number of aliphatic hydroxyl groups excluding tert-OH is 4. The van der Waals surface area contributed by atoms with Crippen molar-refractivity contribution >= 4 is 8.25 Å². The number of hydrogen-bond acceptors (Lipinski definition) is 9. The summed E-state index contributed by atoms with van der Waals surface area (Å²) < 4.78 is 21.3. The summed E-state index contributed by atoms with van der Waals surface area (Å²) in [5, 5.41) is 37.4. The predicted molar refractivity (Wildman–Crippen MR) is 71.3 cm³/mol. The molecule has 0 saturated heterocycles. The second-order valence-electron chi connectivity index (χ2n) is 4.35. The summed E-state index contributed by atoms with van der Waals surface area (Å²) in [5.41, 5.74) is 0. The molecule has 122 valence electrons. The lowest BCUT2D eigenvalue weighted by Crippen LogP contribution is -2.41. The fourth-order valence-corrected chi connectivity index (χ4v) is 1.94. The van der Waals surface area contributed by atoms with Crippen LogP contribution >= 0.6 is 8.25 Å². The van der Waals surface area contributed by atoms with Crippen LogP contribution in [-0.4, -0.2) is 68.6 Å². The van der Waals surface area contributed by atoms with Gasteiger partial charge in [-0.25, -0.2) is 9.80 Å². The van der Waals surface area contributed by atoms with Gasteiger partial charge in [0, 0.05) is 0 Å². The van der Waals surface area contributed by atoms with Crippen LogP contribution < -0.4 is 0 Å². The Labute approximate surface area is 119 Å². The normalized spacial score (nSPS) is 19.9. The molecule has 0 aliphatic carbocycles. The maximum Gasteiger partial charge on any atom is 0.321 e. The monoisotopic (exact) mass is 316 g/mol. The summed E-state index contributed by atoms with van der Waals surface area (Å²) in [6.07, 6.45) is -3.90. The molecule has 0 aliphatic rings. The standard InChI is InChI=1S/C10H25N2O7P/c1-7(13)11(8(2)14)5-18-20(17)19-6-12(9(3)15)10(4)16/h7-10,13-16,20H,5-6H2,1-4H3. The highest BCUT2D eigenvalue weighted by atomic mass is 31.1. The summed E-state index contributed by atoms with van der Waals surface area (Å²) in [6.45, 7) is 5.15. The molecule has 4 N–H and O–H groups in total. The molecule has 20 heavy (non-hydrogen) atoms. The Morgan fingerprint density at radius 3 is 1.25 bits per heavy atom. The van der Waals surface area contributed by atoms with Crippen LogP contribution in [0.4, 0.5) is 0 Å². The fourth-order valence-electron chi connectivity index (χ4n) is 1.35. The Morgan fingerprint density at radius 2 is 1.05 bits per heavy atom. The van der Waals surface area contributed by atoms with E-state index in [2.05, 4.69) is 0 Å². The van der Waals surface area contributed by atoms with Crippen LogP contribution in [0.2, 0.25) is 0 Å². The third-order valence-corrected chi connectivity index (χ3v) is 3.31. The van der Waals surface area contributed by atoms with Crippen molar-refractivity contribution in [3.8, 4) is 0 Å². The van der Waals surface area contributed by atoms with Crippen molar-refractivity contribution in [2.45, 2.75) is 52.6 Å². The SMILES string of the molecule is CC(O)N(CO[PH](=O)OCN(C(C)O)C(C)O)C(C)O. The quantitative estimate of drug-likeness (QED) is 0.305. The third kappa shape index (κ3) is 7.63. The molecule has 0 aromatic rings. The minimum Gasteiger partial charge on any atom is -0.379 e. The summed E-state index contributed by atoms with van der Waals surface area (Å²) in [4.78, 5) is 2.29. The minimum atomic E-state index is -2.89. The maximum absolute atomic E-state index is 11.5. The molecule has 0 radical (unpaired) electrons. The van der Waals surface area contributed by atoms with Crippen LogP contribution in [0.25, 0.3) is 0 Å². The summed E-state index contributed by atoms with van der Waals surface area (Å²) >= 11 is 0. The molecule has 0 saturated carbocycles. The van der Waals surface area contributed by atoms with Crippen molar-refractivity contribution in [2.24, 2.45) is 0 Å². The second-order valence-corrected chi connectivity index (χ2v) is 5.43. The topological polar surface area (TPSA) is 123 Å². The average molecular weight is 316 g/mol. The molecule has 0 rings (SSSR count). The van der Waals surface area contributed by atoms with E-state index in [0.717, 1.165) is 9.80 Å². The van der Waals surface area contributed by atoms with Gasteiger partial charge in [-0.1, -0.05) is 0 Å². The van der Waals surface area contributed by atoms with Crippen molar-refractivity contribution in [3.63, 3.8) is 0 Å². The van der Waals surface area contributed by atoms with Crippen LogP contribution in [0, 0.1) is 0 Å². The first-order chi connectivity index (χ1) is 9.16. The van der Waals surface area contributed by atoms with E-state index in [4.69, 9.17) is 9.05 Å². The van der Waals surface area contributed by atoms with Crippen molar-refractivity contribution in [1.82, 2.24) is 9.80 Å². The van der Waals surface area contributed by atoms with Crippen molar-refractivity contribution < 1.29 is 34.0 Å². The zero-order valence-electron chi connectivity index (χ0n) is 12.1. The van der Waals surface area contributed by atoms with Crippen molar-refractivity contribution in [2.75, 3.05) is 13.5 Å². The zero-order chi connectivity index (χ0) is 15.9. The van der Waals surface area contributed by atoms with Gasteiger partial charge in [-0.15, -0.1) is 0 Å². The van der Waals surface area contributed by atoms with Gasteiger partial charge >= 0.3 is 8.25 Å². The van der Waals surface area contributed by atoms with Gasteiger partial charge < -0.3 is 20.4 Å². The molecule has 0 amide bonds. The average Bonchev–Trinajstić information content (AvgIpc) is 2.27. The van der Waals surface area contributed by atoms with Crippen LogP contribution in [-0.2, 0) is 13.6 Å². The van der Waals surface area contributed by atoms with E-state index in [1.807, 2.05) is 0 Å². The Kier molecular flexibility index (Phi) is 9.73. The molecule has 0 aromatic heterocycles. The van der Waals surface area contributed by atoms with E-state index in [-0.39, 0.29) is 13.5 Å². The van der Waals surface area contributed by atoms with Crippen LogP contribution in [0.1, 0.15) is 27.7 Å². The molecule has 4 unspecified atom stereocenters. The Hall–Kier alpha value is -0.0900. The summed E-state index contributed by atoms with van der Waals surface area (Å²) in [7, 11) is -2.89. The van der Waals surface area contributed by atoms with Gasteiger partial charge in [0.05, 0.1) is 0 Å². The first-order valence-electron chi connectivity index (χ1n) is 6.20. The van der Waals surface area contributed by atoms with Gasteiger partial charge in [-0.2, -0.15) is 0 Å². The third-order valence-electron chi connectivity index (χ3n) is 2.58. The lowest BCUT2D eigenvalue weighted by atomic mass is 10.5. The maximum atomic E-state index is 11.5. The lowest BCUT2D eigenvalue weighted by molar-refractivity contribution is -0.125. The molecule has 0 bridgehead atoms. The van der Waals surface area contributed by atoms with Gasteiger partial charge in [0.2, 0.25) is 0 Å². The molecule has 0 aliphatic heterocycles. The molecule has 0 heterocycles.